The molecular formula is C16H22. The Morgan fingerprint density at radius 1 is 1.19 bits per heavy atom. The number of unbranched alkanes of at least 4 members (excludes halogenated alkanes) is 2. The van der Waals surface area contributed by atoms with E-state index in [1.807, 2.05) is 0 Å². The molecule has 0 spiro atoms. The first-order valence-electron chi connectivity index (χ1n) is 6.63. The van der Waals surface area contributed by atoms with Crippen LogP contribution in [0, 0.1) is 11.8 Å². The van der Waals surface area contributed by atoms with E-state index in [4.69, 9.17) is 0 Å². The van der Waals surface area contributed by atoms with Crippen molar-refractivity contribution in [1.29, 1.82) is 0 Å². The minimum atomic E-state index is 0.872. The van der Waals surface area contributed by atoms with Gasteiger partial charge in [-0.1, -0.05) is 68.7 Å². The van der Waals surface area contributed by atoms with Gasteiger partial charge in [-0.05, 0) is 30.2 Å². The quantitative estimate of drug-likeness (QED) is 0.590. The second-order valence-corrected chi connectivity index (χ2v) is 4.93. The van der Waals surface area contributed by atoms with Gasteiger partial charge in [-0.25, -0.2) is 0 Å². The first-order valence-corrected chi connectivity index (χ1v) is 6.63. The van der Waals surface area contributed by atoms with E-state index in [-0.39, 0.29) is 0 Å². The summed E-state index contributed by atoms with van der Waals surface area (Å²) in [7, 11) is 0. The monoisotopic (exact) mass is 214 g/mol. The maximum atomic E-state index is 2.41. The zero-order chi connectivity index (χ0) is 11.2. The van der Waals surface area contributed by atoms with Gasteiger partial charge in [-0.2, -0.15) is 0 Å². The van der Waals surface area contributed by atoms with E-state index in [1.165, 1.54) is 37.7 Å². The molecule has 0 heteroatoms. The van der Waals surface area contributed by atoms with Crippen LogP contribution >= 0.6 is 0 Å². The fourth-order valence-electron chi connectivity index (χ4n) is 2.29. The molecule has 1 aliphatic carbocycles. The normalized spacial score (nSPS) is 23.8. The van der Waals surface area contributed by atoms with Crippen molar-refractivity contribution in [2.45, 2.75) is 39.0 Å². The Kier molecular flexibility index (Phi) is 4.21. The lowest BCUT2D eigenvalue weighted by molar-refractivity contribution is 0.605. The second kappa shape index (κ2) is 5.89. The Labute approximate surface area is 99.4 Å². The molecule has 0 unspecified atom stereocenters. The highest BCUT2D eigenvalue weighted by molar-refractivity contribution is 5.49. The fraction of sp³-hybridized carbons (Fsp3) is 0.500. The highest BCUT2D eigenvalue weighted by Gasteiger charge is 2.33. The van der Waals surface area contributed by atoms with Crippen LogP contribution in [-0.2, 0) is 0 Å². The summed E-state index contributed by atoms with van der Waals surface area (Å²) >= 11 is 0. The standard InChI is InChI=1S/C16H22/c1-2-3-5-10-15-13-16(15)12-11-14-8-6-4-7-9-14/h4,6-9,11-12,15-16H,2-3,5,10,13H2,1H3/b12-11-/t15-,16-/m1/s1. The van der Waals surface area contributed by atoms with Crippen molar-refractivity contribution in [3.8, 4) is 0 Å². The van der Waals surface area contributed by atoms with Gasteiger partial charge < -0.3 is 0 Å². The molecule has 2 rings (SSSR count). The summed E-state index contributed by atoms with van der Waals surface area (Å²) in [4.78, 5) is 0. The van der Waals surface area contributed by atoms with E-state index in [9.17, 15) is 0 Å². The van der Waals surface area contributed by atoms with Crippen molar-refractivity contribution in [2.75, 3.05) is 0 Å². The fourth-order valence-corrected chi connectivity index (χ4v) is 2.29. The number of rotatable bonds is 6. The van der Waals surface area contributed by atoms with E-state index in [1.54, 1.807) is 0 Å². The molecule has 2 atom stereocenters. The molecule has 1 saturated carbocycles. The number of benzene rings is 1. The average molecular weight is 214 g/mol. The molecule has 1 aromatic rings. The predicted molar refractivity (Wildman–Crippen MR) is 71.2 cm³/mol. The minimum Gasteiger partial charge on any atom is -0.0805 e. The largest absolute Gasteiger partial charge is 0.0805 e. The van der Waals surface area contributed by atoms with Gasteiger partial charge in [0, 0.05) is 0 Å². The summed E-state index contributed by atoms with van der Waals surface area (Å²) in [6.07, 6.45) is 11.7. The number of hydrogen-bond acceptors (Lipinski definition) is 0. The average Bonchev–Trinajstić information content (AvgIpc) is 3.07. The zero-order valence-electron chi connectivity index (χ0n) is 10.2. The van der Waals surface area contributed by atoms with Gasteiger partial charge in [0.2, 0.25) is 0 Å². The van der Waals surface area contributed by atoms with E-state index >= 15 is 0 Å². The molecular weight excluding hydrogens is 192 g/mol. The van der Waals surface area contributed by atoms with E-state index < -0.39 is 0 Å². The summed E-state index contributed by atoms with van der Waals surface area (Å²) in [6.45, 7) is 2.28. The molecule has 0 N–H and O–H groups in total. The third kappa shape index (κ3) is 3.52. The van der Waals surface area contributed by atoms with Crippen molar-refractivity contribution in [2.24, 2.45) is 11.8 Å². The van der Waals surface area contributed by atoms with Gasteiger partial charge >= 0.3 is 0 Å². The molecule has 1 aliphatic rings. The Balaban J connectivity index is 1.70. The van der Waals surface area contributed by atoms with Gasteiger partial charge in [-0.15, -0.1) is 0 Å². The lowest BCUT2D eigenvalue weighted by atomic mass is 10.1. The van der Waals surface area contributed by atoms with Crippen LogP contribution in [0.5, 0.6) is 0 Å². The lowest BCUT2D eigenvalue weighted by Gasteiger charge is -1.96. The topological polar surface area (TPSA) is 0 Å². The highest BCUT2D eigenvalue weighted by atomic mass is 14.4. The maximum Gasteiger partial charge on any atom is -0.0199 e. The smallest absolute Gasteiger partial charge is 0.0199 e. The van der Waals surface area contributed by atoms with Gasteiger partial charge in [0.05, 0.1) is 0 Å². The van der Waals surface area contributed by atoms with Crippen LogP contribution in [0.2, 0.25) is 0 Å². The van der Waals surface area contributed by atoms with Gasteiger partial charge in [0.1, 0.15) is 0 Å². The number of hydrogen-bond donors (Lipinski definition) is 0. The maximum absolute atomic E-state index is 2.41. The van der Waals surface area contributed by atoms with Crippen LogP contribution in [0.1, 0.15) is 44.6 Å². The highest BCUT2D eigenvalue weighted by Crippen LogP contribution is 2.43. The second-order valence-electron chi connectivity index (χ2n) is 4.93. The summed E-state index contributed by atoms with van der Waals surface area (Å²) in [5.41, 5.74) is 1.33. The molecule has 0 radical (unpaired) electrons. The van der Waals surface area contributed by atoms with Crippen molar-refractivity contribution in [3.05, 3.63) is 42.0 Å². The van der Waals surface area contributed by atoms with Crippen molar-refractivity contribution in [1.82, 2.24) is 0 Å². The first-order chi connectivity index (χ1) is 7.90. The van der Waals surface area contributed by atoms with Crippen LogP contribution in [0.25, 0.3) is 6.08 Å². The van der Waals surface area contributed by atoms with E-state index in [0.717, 1.165) is 11.8 Å². The molecule has 16 heavy (non-hydrogen) atoms. The molecule has 86 valence electrons. The lowest BCUT2D eigenvalue weighted by Crippen LogP contribution is -1.81. The molecule has 0 heterocycles. The summed E-state index contributed by atoms with van der Waals surface area (Å²) in [5, 5.41) is 0. The molecule has 0 amide bonds. The molecule has 0 saturated heterocycles. The SMILES string of the molecule is CCCCC[C@@H]1C[C@H]1/C=C\c1ccccc1. The van der Waals surface area contributed by atoms with E-state index in [2.05, 4.69) is 49.4 Å². The van der Waals surface area contributed by atoms with E-state index in [0.29, 0.717) is 0 Å². The summed E-state index contributed by atoms with van der Waals surface area (Å²) < 4.78 is 0. The molecule has 1 fully saturated rings. The third-order valence-corrected chi connectivity index (χ3v) is 3.49. The predicted octanol–water partition coefficient (Wildman–Crippen LogP) is 4.92. The summed E-state index contributed by atoms with van der Waals surface area (Å²) in [6, 6.07) is 10.6. The van der Waals surface area contributed by atoms with Crippen molar-refractivity contribution in [3.63, 3.8) is 0 Å². The van der Waals surface area contributed by atoms with Crippen molar-refractivity contribution < 1.29 is 0 Å². The zero-order valence-corrected chi connectivity index (χ0v) is 10.2. The Hall–Kier alpha value is -1.04. The number of allylic oxidation sites excluding steroid dienone is 1. The van der Waals surface area contributed by atoms with Gasteiger partial charge in [-0.3, -0.25) is 0 Å². The minimum absolute atomic E-state index is 0.872. The molecule has 0 nitrogen and oxygen atoms in total. The van der Waals surface area contributed by atoms with Crippen LogP contribution in [0.15, 0.2) is 36.4 Å². The van der Waals surface area contributed by atoms with Crippen molar-refractivity contribution >= 4 is 6.08 Å². The Bertz CT molecular complexity index is 323. The molecule has 0 aromatic heterocycles. The van der Waals surface area contributed by atoms with Crippen LogP contribution in [0.3, 0.4) is 0 Å². The van der Waals surface area contributed by atoms with Gasteiger partial charge in [0.25, 0.3) is 0 Å². The molecule has 0 aliphatic heterocycles. The molecule has 1 aromatic carbocycles. The van der Waals surface area contributed by atoms with Crippen LogP contribution in [0.4, 0.5) is 0 Å². The van der Waals surface area contributed by atoms with Crippen LogP contribution in [-0.4, -0.2) is 0 Å². The van der Waals surface area contributed by atoms with Gasteiger partial charge in [0.15, 0.2) is 0 Å². The Morgan fingerprint density at radius 3 is 2.75 bits per heavy atom. The first kappa shape index (κ1) is 11.4. The third-order valence-electron chi connectivity index (χ3n) is 3.49. The molecule has 0 bridgehead atoms. The summed E-state index contributed by atoms with van der Waals surface area (Å²) in [5.74, 6) is 1.86. The van der Waals surface area contributed by atoms with Crippen LogP contribution < -0.4 is 0 Å². The Morgan fingerprint density at radius 2 is 2.00 bits per heavy atom.